The normalized spacial score (nSPS) is 12.3. The van der Waals surface area contributed by atoms with Gasteiger partial charge in [0.25, 0.3) is 0 Å². The molecule has 0 amide bonds. The van der Waals surface area contributed by atoms with Gasteiger partial charge < -0.3 is 0 Å². The Hall–Kier alpha value is -1.66. The van der Waals surface area contributed by atoms with Crippen LogP contribution >= 0.6 is 0 Å². The molecule has 4 nitrogen and oxygen atoms in total. The number of benzene rings is 2. The Morgan fingerprint density at radius 2 is 1.35 bits per heavy atom. The average molecular weight is 310 g/mol. The van der Waals surface area contributed by atoms with Gasteiger partial charge in [0.05, 0.1) is 9.79 Å². The maximum Gasteiger partial charge on any atom is 0.176 e. The third-order valence-electron chi connectivity index (χ3n) is 2.86. The van der Waals surface area contributed by atoms with E-state index < -0.39 is 19.7 Å². The van der Waals surface area contributed by atoms with Gasteiger partial charge in [0.15, 0.2) is 19.7 Å². The van der Waals surface area contributed by atoms with Crippen LogP contribution in [-0.4, -0.2) is 29.3 Å². The Balaban J connectivity index is 2.81. The molecule has 0 aromatic heterocycles. The highest BCUT2D eigenvalue weighted by molar-refractivity contribution is 7.91. The van der Waals surface area contributed by atoms with E-state index in [0.29, 0.717) is 11.1 Å². The molecule has 0 aliphatic rings. The van der Waals surface area contributed by atoms with E-state index in [1.165, 1.54) is 18.2 Å². The summed E-state index contributed by atoms with van der Waals surface area (Å²) in [6.45, 7) is 0. The molecule has 106 valence electrons. The van der Waals surface area contributed by atoms with Crippen molar-refractivity contribution < 1.29 is 16.8 Å². The molecule has 0 aliphatic carbocycles. The molecular formula is C14H14O4S2. The molecule has 0 fully saturated rings. The summed E-state index contributed by atoms with van der Waals surface area (Å²) in [4.78, 5) is 0.222. The summed E-state index contributed by atoms with van der Waals surface area (Å²) >= 11 is 0. The molecule has 0 radical (unpaired) electrons. The molecule has 0 saturated heterocycles. The van der Waals surface area contributed by atoms with Gasteiger partial charge >= 0.3 is 0 Å². The minimum absolute atomic E-state index is 0.101. The first kappa shape index (κ1) is 14.7. The van der Waals surface area contributed by atoms with E-state index in [1.807, 2.05) is 6.07 Å². The zero-order valence-corrected chi connectivity index (χ0v) is 12.7. The van der Waals surface area contributed by atoms with Gasteiger partial charge in [-0.3, -0.25) is 0 Å². The molecule has 0 spiro atoms. The Morgan fingerprint density at radius 3 is 1.85 bits per heavy atom. The van der Waals surface area contributed by atoms with Crippen LogP contribution in [0.3, 0.4) is 0 Å². The van der Waals surface area contributed by atoms with Gasteiger partial charge in [-0.15, -0.1) is 0 Å². The number of hydrogen-bond acceptors (Lipinski definition) is 4. The predicted molar refractivity (Wildman–Crippen MR) is 78.1 cm³/mol. The Bertz CT molecular complexity index is 836. The zero-order valence-electron chi connectivity index (χ0n) is 11.1. The van der Waals surface area contributed by atoms with E-state index in [9.17, 15) is 16.8 Å². The molecular weight excluding hydrogens is 296 g/mol. The monoisotopic (exact) mass is 310 g/mol. The maximum atomic E-state index is 11.8. The van der Waals surface area contributed by atoms with E-state index in [0.717, 1.165) is 12.5 Å². The van der Waals surface area contributed by atoms with Crippen LogP contribution in [0.25, 0.3) is 11.1 Å². The van der Waals surface area contributed by atoms with Crippen molar-refractivity contribution in [1.82, 2.24) is 0 Å². The molecule has 0 aliphatic heterocycles. The smallest absolute Gasteiger partial charge is 0.176 e. The second kappa shape index (κ2) is 5.03. The van der Waals surface area contributed by atoms with E-state index in [2.05, 4.69) is 0 Å². The summed E-state index contributed by atoms with van der Waals surface area (Å²) in [6, 6.07) is 12.9. The SMILES string of the molecule is CS(=O)(=O)c1ccc(S(C)(=O)=O)c(-c2ccccc2)c1. The second-order valence-electron chi connectivity index (χ2n) is 4.57. The Morgan fingerprint density at radius 1 is 0.750 bits per heavy atom. The lowest BCUT2D eigenvalue weighted by Crippen LogP contribution is -2.03. The maximum absolute atomic E-state index is 11.8. The lowest BCUT2D eigenvalue weighted by molar-refractivity contribution is 0.598. The molecule has 6 heteroatoms. The Kier molecular flexibility index (Phi) is 3.71. The fourth-order valence-corrected chi connectivity index (χ4v) is 3.45. The van der Waals surface area contributed by atoms with Crippen molar-refractivity contribution in [3.63, 3.8) is 0 Å². The molecule has 0 saturated carbocycles. The molecule has 0 unspecified atom stereocenters. The van der Waals surface area contributed by atoms with Gasteiger partial charge in [0.1, 0.15) is 0 Å². The third kappa shape index (κ3) is 3.08. The fourth-order valence-electron chi connectivity index (χ4n) is 1.91. The Labute approximate surface area is 118 Å². The van der Waals surface area contributed by atoms with Crippen molar-refractivity contribution in [1.29, 1.82) is 0 Å². The van der Waals surface area contributed by atoms with Gasteiger partial charge in [-0.2, -0.15) is 0 Å². The van der Waals surface area contributed by atoms with Crippen molar-refractivity contribution in [2.45, 2.75) is 9.79 Å². The first-order chi connectivity index (χ1) is 9.19. The van der Waals surface area contributed by atoms with Gasteiger partial charge in [-0.25, -0.2) is 16.8 Å². The zero-order chi connectivity index (χ0) is 15.0. The van der Waals surface area contributed by atoms with Crippen LogP contribution in [0.1, 0.15) is 0 Å². The molecule has 20 heavy (non-hydrogen) atoms. The first-order valence-corrected chi connectivity index (χ1v) is 9.57. The van der Waals surface area contributed by atoms with E-state index in [1.54, 1.807) is 24.3 Å². The fraction of sp³-hybridized carbons (Fsp3) is 0.143. The highest BCUT2D eigenvalue weighted by Crippen LogP contribution is 2.29. The van der Waals surface area contributed by atoms with Crippen LogP contribution in [0.15, 0.2) is 58.3 Å². The lowest BCUT2D eigenvalue weighted by Gasteiger charge is -2.10. The first-order valence-electron chi connectivity index (χ1n) is 5.79. The number of hydrogen-bond donors (Lipinski definition) is 0. The van der Waals surface area contributed by atoms with Crippen molar-refractivity contribution >= 4 is 19.7 Å². The summed E-state index contributed by atoms with van der Waals surface area (Å²) < 4.78 is 46.9. The minimum Gasteiger partial charge on any atom is -0.224 e. The average Bonchev–Trinajstić information content (AvgIpc) is 2.37. The van der Waals surface area contributed by atoms with Gasteiger partial charge in [0, 0.05) is 18.1 Å². The summed E-state index contributed by atoms with van der Waals surface area (Å²) in [5, 5.41) is 0. The predicted octanol–water partition coefficient (Wildman–Crippen LogP) is 2.16. The molecule has 0 atom stereocenters. The number of rotatable bonds is 3. The highest BCUT2D eigenvalue weighted by atomic mass is 32.2. The van der Waals surface area contributed by atoms with Crippen LogP contribution in [0.5, 0.6) is 0 Å². The summed E-state index contributed by atoms with van der Waals surface area (Å²) in [5.41, 5.74) is 1.06. The van der Waals surface area contributed by atoms with Crippen LogP contribution in [-0.2, 0) is 19.7 Å². The second-order valence-corrected chi connectivity index (χ2v) is 8.57. The molecule has 0 bridgehead atoms. The van der Waals surface area contributed by atoms with E-state index in [-0.39, 0.29) is 9.79 Å². The summed E-state index contributed by atoms with van der Waals surface area (Å²) in [6.07, 6.45) is 2.20. The van der Waals surface area contributed by atoms with E-state index in [4.69, 9.17) is 0 Å². The largest absolute Gasteiger partial charge is 0.224 e. The van der Waals surface area contributed by atoms with E-state index >= 15 is 0 Å². The van der Waals surface area contributed by atoms with Crippen LogP contribution in [0, 0.1) is 0 Å². The quantitative estimate of drug-likeness (QED) is 0.871. The molecule has 2 aromatic rings. The topological polar surface area (TPSA) is 68.3 Å². The minimum atomic E-state index is -3.44. The third-order valence-corrected chi connectivity index (χ3v) is 5.13. The molecule has 2 rings (SSSR count). The standard InChI is InChI=1S/C14H14O4S2/c1-19(15,16)12-8-9-14(20(2,17)18)13(10-12)11-6-4-3-5-7-11/h3-10H,1-2H3. The van der Waals surface area contributed by atoms with Crippen molar-refractivity contribution in [2.75, 3.05) is 12.5 Å². The van der Waals surface area contributed by atoms with Crippen LogP contribution < -0.4 is 0 Å². The molecule has 0 heterocycles. The summed E-state index contributed by atoms with van der Waals surface area (Å²) in [5.74, 6) is 0. The van der Waals surface area contributed by atoms with Crippen molar-refractivity contribution in [3.05, 3.63) is 48.5 Å². The molecule has 0 N–H and O–H groups in total. The van der Waals surface area contributed by atoms with Crippen LogP contribution in [0.2, 0.25) is 0 Å². The van der Waals surface area contributed by atoms with Crippen molar-refractivity contribution in [3.8, 4) is 11.1 Å². The van der Waals surface area contributed by atoms with Gasteiger partial charge in [-0.05, 0) is 23.8 Å². The van der Waals surface area contributed by atoms with Gasteiger partial charge in [0.2, 0.25) is 0 Å². The summed E-state index contributed by atoms with van der Waals surface area (Å²) in [7, 11) is -6.83. The van der Waals surface area contributed by atoms with Gasteiger partial charge in [-0.1, -0.05) is 30.3 Å². The molecule has 2 aromatic carbocycles. The van der Waals surface area contributed by atoms with Crippen LogP contribution in [0.4, 0.5) is 0 Å². The highest BCUT2D eigenvalue weighted by Gasteiger charge is 2.18. The lowest BCUT2D eigenvalue weighted by atomic mass is 10.1. The number of sulfone groups is 2. The van der Waals surface area contributed by atoms with Crippen molar-refractivity contribution in [2.24, 2.45) is 0 Å².